The number of ether oxygens (including phenoxy) is 1. The van der Waals surface area contributed by atoms with Gasteiger partial charge in [0, 0.05) is 11.1 Å². The first-order chi connectivity index (χ1) is 12.1. The van der Waals surface area contributed by atoms with Crippen molar-refractivity contribution in [2.45, 2.75) is 5.85 Å². The van der Waals surface area contributed by atoms with E-state index in [9.17, 15) is 9.67 Å². The van der Waals surface area contributed by atoms with Gasteiger partial charge in [-0.3, -0.25) is 4.57 Å². The maximum atomic E-state index is 13.9. The highest BCUT2D eigenvalue weighted by atomic mass is 31.2. The molecule has 2 atom stereocenters. The average molecular weight is 352 g/mol. The molecule has 3 aromatic carbocycles. The van der Waals surface area contributed by atoms with Gasteiger partial charge in [0.2, 0.25) is 0 Å². The predicted octanol–water partition coefficient (Wildman–Crippen LogP) is 4.35. The molecule has 0 radical (unpaired) electrons. The van der Waals surface area contributed by atoms with Gasteiger partial charge in [-0.2, -0.15) is 0 Å². The first kappa shape index (κ1) is 15.9. The molecule has 1 N–H and O–H groups in total. The van der Waals surface area contributed by atoms with Crippen LogP contribution < -0.4 is 14.6 Å². The molecule has 126 valence electrons. The molecule has 4 nitrogen and oxygen atoms in total. The van der Waals surface area contributed by atoms with E-state index < -0.39 is 13.2 Å². The van der Waals surface area contributed by atoms with Crippen LogP contribution in [0.2, 0.25) is 0 Å². The van der Waals surface area contributed by atoms with E-state index in [1.165, 1.54) is 7.11 Å². The van der Waals surface area contributed by atoms with Gasteiger partial charge in [-0.1, -0.05) is 54.6 Å². The number of rotatable bonds is 3. The highest BCUT2D eigenvalue weighted by Crippen LogP contribution is 2.63. The van der Waals surface area contributed by atoms with Crippen molar-refractivity contribution in [1.82, 2.24) is 0 Å². The van der Waals surface area contributed by atoms with E-state index in [2.05, 4.69) is 0 Å². The Morgan fingerprint density at radius 2 is 1.56 bits per heavy atom. The van der Waals surface area contributed by atoms with Crippen molar-refractivity contribution in [3.63, 3.8) is 0 Å². The van der Waals surface area contributed by atoms with Gasteiger partial charge in [0.15, 0.2) is 5.85 Å². The number of benzene rings is 3. The molecule has 1 aliphatic heterocycles. The monoisotopic (exact) mass is 352 g/mol. The molecule has 5 heteroatoms. The molecule has 0 spiro atoms. The molecule has 0 amide bonds. The van der Waals surface area contributed by atoms with Gasteiger partial charge in [-0.15, -0.1) is 0 Å². The number of para-hydroxylation sites is 2. The Labute approximate surface area is 146 Å². The molecule has 1 heterocycles. The van der Waals surface area contributed by atoms with Gasteiger partial charge < -0.3 is 14.4 Å². The molecular formula is C20H17O4P. The van der Waals surface area contributed by atoms with Crippen LogP contribution in [0.1, 0.15) is 11.4 Å². The average Bonchev–Trinajstić information content (AvgIpc) is 2.67. The summed E-state index contributed by atoms with van der Waals surface area (Å²) in [5.74, 6) is -0.332. The number of hydrogen-bond acceptors (Lipinski definition) is 4. The second kappa shape index (κ2) is 6.07. The van der Waals surface area contributed by atoms with Crippen LogP contribution in [-0.4, -0.2) is 12.2 Å². The Bertz CT molecular complexity index is 983. The van der Waals surface area contributed by atoms with E-state index in [-0.39, 0.29) is 0 Å². The Morgan fingerprint density at radius 3 is 2.36 bits per heavy atom. The Balaban J connectivity index is 1.92. The molecule has 25 heavy (non-hydrogen) atoms. The lowest BCUT2D eigenvalue weighted by Gasteiger charge is -2.32. The number of hydrogen-bond donors (Lipinski definition) is 1. The van der Waals surface area contributed by atoms with Crippen LogP contribution >= 0.6 is 7.37 Å². The van der Waals surface area contributed by atoms with Crippen LogP contribution in [0.5, 0.6) is 11.5 Å². The second-order valence-electron chi connectivity index (χ2n) is 5.82. The summed E-state index contributed by atoms with van der Waals surface area (Å²) in [7, 11) is -2.09. The lowest BCUT2D eigenvalue weighted by atomic mass is 10.0. The molecule has 0 fully saturated rings. The van der Waals surface area contributed by atoms with Crippen LogP contribution in [-0.2, 0) is 4.57 Å². The molecule has 2 unspecified atom stereocenters. The third-order valence-electron chi connectivity index (χ3n) is 4.39. The van der Waals surface area contributed by atoms with Gasteiger partial charge in [-0.05, 0) is 23.8 Å². The Kier molecular flexibility index (Phi) is 3.87. The molecule has 0 saturated heterocycles. The van der Waals surface area contributed by atoms with Crippen molar-refractivity contribution >= 4 is 12.7 Å². The molecule has 3 aromatic rings. The zero-order chi connectivity index (χ0) is 17.4. The van der Waals surface area contributed by atoms with Gasteiger partial charge in [-0.25, -0.2) is 0 Å². The largest absolute Gasteiger partial charge is 0.496 e. The smallest absolute Gasteiger partial charge is 0.310 e. The molecule has 1 aliphatic rings. The highest BCUT2D eigenvalue weighted by Gasteiger charge is 2.43. The molecule has 0 aliphatic carbocycles. The van der Waals surface area contributed by atoms with E-state index >= 15 is 0 Å². The summed E-state index contributed by atoms with van der Waals surface area (Å²) < 4.78 is 25.1. The number of fused-ring (bicyclic) bond motifs is 3. The fraction of sp³-hybridized carbons (Fsp3) is 0.100. The van der Waals surface area contributed by atoms with E-state index in [1.807, 2.05) is 30.3 Å². The van der Waals surface area contributed by atoms with Crippen molar-refractivity contribution in [3.8, 4) is 22.6 Å². The first-order valence-corrected chi connectivity index (χ1v) is 9.64. The molecule has 0 bridgehead atoms. The lowest BCUT2D eigenvalue weighted by Crippen LogP contribution is -2.22. The summed E-state index contributed by atoms with van der Waals surface area (Å²) in [4.78, 5) is 0. The van der Waals surface area contributed by atoms with Crippen LogP contribution in [0.25, 0.3) is 11.1 Å². The van der Waals surface area contributed by atoms with Crippen LogP contribution in [0.15, 0.2) is 72.8 Å². The van der Waals surface area contributed by atoms with E-state index in [4.69, 9.17) is 9.26 Å². The van der Waals surface area contributed by atoms with Crippen LogP contribution in [0.3, 0.4) is 0 Å². The lowest BCUT2D eigenvalue weighted by molar-refractivity contribution is 0.234. The molecular weight excluding hydrogens is 335 g/mol. The topological polar surface area (TPSA) is 55.8 Å². The zero-order valence-electron chi connectivity index (χ0n) is 13.6. The summed E-state index contributed by atoms with van der Waals surface area (Å²) in [6, 6.07) is 21.8. The minimum absolute atomic E-state index is 0.447. The van der Waals surface area contributed by atoms with E-state index in [1.54, 1.807) is 42.5 Å². The molecule has 0 aromatic heterocycles. The van der Waals surface area contributed by atoms with Gasteiger partial charge in [0.25, 0.3) is 0 Å². The number of methoxy groups -OCH3 is 1. The van der Waals surface area contributed by atoms with Crippen molar-refractivity contribution in [1.29, 1.82) is 0 Å². The minimum atomic E-state index is -3.61. The molecule has 4 rings (SSSR count). The Morgan fingerprint density at radius 1 is 0.920 bits per heavy atom. The van der Waals surface area contributed by atoms with E-state index in [0.717, 1.165) is 11.1 Å². The third-order valence-corrected chi connectivity index (χ3v) is 6.84. The highest BCUT2D eigenvalue weighted by molar-refractivity contribution is 7.68. The predicted molar refractivity (Wildman–Crippen MR) is 97.7 cm³/mol. The fourth-order valence-electron chi connectivity index (χ4n) is 3.18. The van der Waals surface area contributed by atoms with E-state index in [0.29, 0.717) is 22.4 Å². The first-order valence-electron chi connectivity index (χ1n) is 7.94. The summed E-state index contributed by atoms with van der Waals surface area (Å²) >= 11 is 0. The summed E-state index contributed by atoms with van der Waals surface area (Å²) in [6.45, 7) is 0. The normalized spacial score (nSPS) is 19.3. The maximum absolute atomic E-state index is 13.9. The van der Waals surface area contributed by atoms with Crippen LogP contribution in [0, 0.1) is 0 Å². The Hall–Kier alpha value is -2.55. The summed E-state index contributed by atoms with van der Waals surface area (Å²) in [5, 5.41) is 11.5. The van der Waals surface area contributed by atoms with Crippen LogP contribution in [0.4, 0.5) is 0 Å². The standard InChI is InChI=1S/C20H17O4P/c1-23-17-11-5-3-10-16(17)20(21)25(22)19-13-7-4-9-15(19)14-8-2-6-12-18(14)24-25/h2-13,20-21H,1H3. The molecule has 0 saturated carbocycles. The van der Waals surface area contributed by atoms with Crippen molar-refractivity contribution in [2.75, 3.05) is 7.11 Å². The van der Waals surface area contributed by atoms with Gasteiger partial charge >= 0.3 is 7.37 Å². The third kappa shape index (κ3) is 2.46. The summed E-state index contributed by atoms with van der Waals surface area (Å²) in [5.41, 5.74) is 2.14. The summed E-state index contributed by atoms with van der Waals surface area (Å²) in [6.07, 6.45) is 0. The number of aliphatic hydroxyl groups excluding tert-OH is 1. The van der Waals surface area contributed by atoms with Crippen molar-refractivity contribution in [3.05, 3.63) is 78.4 Å². The van der Waals surface area contributed by atoms with Crippen molar-refractivity contribution < 1.29 is 18.9 Å². The zero-order valence-corrected chi connectivity index (χ0v) is 14.5. The quantitative estimate of drug-likeness (QED) is 0.712. The van der Waals surface area contributed by atoms with Crippen molar-refractivity contribution in [2.24, 2.45) is 0 Å². The number of aliphatic hydroxyl groups is 1. The fourth-order valence-corrected chi connectivity index (χ4v) is 5.50. The SMILES string of the molecule is COc1ccccc1C(O)P1(=O)Oc2ccccc2-c2ccccc21. The van der Waals surface area contributed by atoms with Gasteiger partial charge in [0.05, 0.1) is 12.4 Å². The maximum Gasteiger partial charge on any atom is 0.310 e. The second-order valence-corrected chi connectivity index (χ2v) is 8.16. The minimum Gasteiger partial charge on any atom is -0.496 e. The van der Waals surface area contributed by atoms with Gasteiger partial charge in [0.1, 0.15) is 11.5 Å².